The molecule has 0 aliphatic heterocycles. The third-order valence-electron chi connectivity index (χ3n) is 4.61. The molecule has 0 unspecified atom stereocenters. The Labute approximate surface area is 178 Å². The Balaban J connectivity index is 1.65. The van der Waals surface area contributed by atoms with Gasteiger partial charge in [-0.2, -0.15) is 5.10 Å². The maximum Gasteiger partial charge on any atom is 0.573 e. The van der Waals surface area contributed by atoms with E-state index in [1.807, 2.05) is 0 Å². The van der Waals surface area contributed by atoms with Crippen molar-refractivity contribution in [1.82, 2.24) is 24.4 Å². The molecular weight excluding hydrogens is 429 g/mol. The van der Waals surface area contributed by atoms with Gasteiger partial charge in [-0.1, -0.05) is 13.8 Å². The van der Waals surface area contributed by atoms with Crippen molar-refractivity contribution in [3.05, 3.63) is 58.9 Å². The second-order valence-electron chi connectivity index (χ2n) is 7.32. The van der Waals surface area contributed by atoms with E-state index in [2.05, 4.69) is 25.3 Å². The number of halogens is 3. The van der Waals surface area contributed by atoms with Gasteiger partial charge in [0.2, 0.25) is 5.91 Å². The second kappa shape index (κ2) is 7.94. The predicted molar refractivity (Wildman–Crippen MR) is 108 cm³/mol. The molecule has 0 bridgehead atoms. The normalized spacial score (nSPS) is 11.9. The number of alkyl halides is 3. The number of carbonyl (C=O) groups excluding carboxylic acids is 1. The number of nitrogens with zero attached hydrogens (tertiary/aromatic N) is 5. The molecule has 4 rings (SSSR count). The van der Waals surface area contributed by atoms with Crippen LogP contribution >= 0.6 is 0 Å². The number of rotatable bonds is 5. The monoisotopic (exact) mass is 446 g/mol. The van der Waals surface area contributed by atoms with Crippen LogP contribution in [0.5, 0.6) is 5.75 Å². The molecule has 4 aromatic rings. The summed E-state index contributed by atoms with van der Waals surface area (Å²) < 4.78 is 44.3. The number of anilines is 1. The lowest BCUT2D eigenvalue weighted by Crippen LogP contribution is -2.31. The first-order chi connectivity index (χ1) is 15.1. The Kier molecular flexibility index (Phi) is 5.28. The minimum Gasteiger partial charge on any atom is -0.406 e. The van der Waals surface area contributed by atoms with Crippen LogP contribution in [0.3, 0.4) is 0 Å². The number of hydrogen-bond donors (Lipinski definition) is 1. The summed E-state index contributed by atoms with van der Waals surface area (Å²) in [5, 5.41) is 14.9. The van der Waals surface area contributed by atoms with Crippen LogP contribution in [0.1, 0.15) is 25.5 Å². The van der Waals surface area contributed by atoms with Crippen molar-refractivity contribution in [2.24, 2.45) is 0 Å². The van der Waals surface area contributed by atoms with E-state index in [9.17, 15) is 22.8 Å². The molecule has 0 atom stereocenters. The van der Waals surface area contributed by atoms with Crippen LogP contribution in [0.4, 0.5) is 18.9 Å². The van der Waals surface area contributed by atoms with Gasteiger partial charge in [0.25, 0.3) is 5.56 Å². The van der Waals surface area contributed by atoms with E-state index in [1.54, 1.807) is 36.6 Å². The minimum absolute atomic E-state index is 0.136. The van der Waals surface area contributed by atoms with E-state index < -0.39 is 23.6 Å². The van der Waals surface area contributed by atoms with Crippen LogP contribution in [0, 0.1) is 0 Å². The standard InChI is InChI=1S/C20H17F3N6O3/c1-11(2)18-15-7-13(32-20(21,22)23)4-5-14(15)19(31)29(27-18)9-17(30)25-12-3-6-16-26-24-10-28(16)8-12/h3-8,10-11H,9H2,1-2H3,(H,25,30). The van der Waals surface area contributed by atoms with E-state index in [0.29, 0.717) is 17.0 Å². The number of fused-ring (bicyclic) bond motifs is 2. The second-order valence-corrected chi connectivity index (χ2v) is 7.32. The molecule has 0 aliphatic carbocycles. The minimum atomic E-state index is -4.86. The average Bonchev–Trinajstić information content (AvgIpc) is 3.16. The lowest BCUT2D eigenvalue weighted by Gasteiger charge is -2.15. The third kappa shape index (κ3) is 4.38. The molecule has 9 nitrogen and oxygen atoms in total. The molecule has 0 aliphatic rings. The van der Waals surface area contributed by atoms with E-state index in [4.69, 9.17) is 0 Å². The zero-order valence-corrected chi connectivity index (χ0v) is 16.9. The summed E-state index contributed by atoms with van der Waals surface area (Å²) in [6.45, 7) is 3.18. The Morgan fingerprint density at radius 1 is 1.19 bits per heavy atom. The summed E-state index contributed by atoms with van der Waals surface area (Å²) >= 11 is 0. The van der Waals surface area contributed by atoms with Crippen LogP contribution < -0.4 is 15.6 Å². The van der Waals surface area contributed by atoms with Crippen LogP contribution in [-0.4, -0.2) is 36.6 Å². The van der Waals surface area contributed by atoms with E-state index in [1.165, 1.54) is 12.4 Å². The topological polar surface area (TPSA) is 103 Å². The van der Waals surface area contributed by atoms with Crippen molar-refractivity contribution in [2.45, 2.75) is 32.7 Å². The van der Waals surface area contributed by atoms with Gasteiger partial charge >= 0.3 is 6.36 Å². The van der Waals surface area contributed by atoms with Gasteiger partial charge in [0.05, 0.1) is 16.8 Å². The average molecular weight is 446 g/mol. The molecular formula is C20H17F3N6O3. The molecule has 0 saturated heterocycles. The van der Waals surface area contributed by atoms with Gasteiger partial charge in [-0.15, -0.1) is 23.4 Å². The Bertz CT molecular complexity index is 1380. The molecule has 0 saturated carbocycles. The summed E-state index contributed by atoms with van der Waals surface area (Å²) in [5.41, 5.74) is 0.832. The lowest BCUT2D eigenvalue weighted by molar-refractivity contribution is -0.274. The molecule has 1 aromatic carbocycles. The Hall–Kier alpha value is -3.96. The zero-order chi connectivity index (χ0) is 23.0. The lowest BCUT2D eigenvalue weighted by atomic mass is 10.0. The summed E-state index contributed by atoms with van der Waals surface area (Å²) in [4.78, 5) is 25.4. The fourth-order valence-electron chi connectivity index (χ4n) is 3.26. The first kappa shape index (κ1) is 21.3. The van der Waals surface area contributed by atoms with Gasteiger partial charge in [0.1, 0.15) is 18.6 Å². The maximum atomic E-state index is 12.9. The molecule has 1 amide bonds. The first-order valence-corrected chi connectivity index (χ1v) is 9.50. The fraction of sp³-hybridized carbons (Fsp3) is 0.250. The predicted octanol–water partition coefficient (Wildman–Crippen LogP) is 3.10. The van der Waals surface area contributed by atoms with Gasteiger partial charge < -0.3 is 10.1 Å². The van der Waals surface area contributed by atoms with E-state index in [-0.39, 0.29) is 23.2 Å². The zero-order valence-electron chi connectivity index (χ0n) is 16.9. The van der Waals surface area contributed by atoms with Crippen LogP contribution in [-0.2, 0) is 11.3 Å². The van der Waals surface area contributed by atoms with Crippen LogP contribution in [0.25, 0.3) is 16.4 Å². The number of aromatic nitrogens is 5. The fourth-order valence-corrected chi connectivity index (χ4v) is 3.26. The number of pyridine rings is 1. The van der Waals surface area contributed by atoms with Gasteiger partial charge in [-0.3, -0.25) is 14.0 Å². The smallest absolute Gasteiger partial charge is 0.406 e. The Morgan fingerprint density at radius 3 is 2.69 bits per heavy atom. The largest absolute Gasteiger partial charge is 0.573 e. The summed E-state index contributed by atoms with van der Waals surface area (Å²) in [7, 11) is 0. The number of amides is 1. The highest BCUT2D eigenvalue weighted by molar-refractivity contribution is 5.91. The number of ether oxygens (including phenoxy) is 1. The summed E-state index contributed by atoms with van der Waals surface area (Å²) in [5.74, 6) is -1.18. The number of nitrogens with one attached hydrogen (secondary N) is 1. The molecule has 0 spiro atoms. The summed E-state index contributed by atoms with van der Waals surface area (Å²) in [6, 6.07) is 6.73. The molecule has 0 radical (unpaired) electrons. The van der Waals surface area contributed by atoms with Gasteiger partial charge in [0.15, 0.2) is 5.65 Å². The highest BCUT2D eigenvalue weighted by Crippen LogP contribution is 2.28. The van der Waals surface area contributed by atoms with Crippen molar-refractivity contribution in [2.75, 3.05) is 5.32 Å². The maximum absolute atomic E-state index is 12.9. The van der Waals surface area contributed by atoms with Crippen LogP contribution in [0.15, 0.2) is 47.7 Å². The van der Waals surface area contributed by atoms with Crippen molar-refractivity contribution < 1.29 is 22.7 Å². The van der Waals surface area contributed by atoms with Crippen molar-refractivity contribution in [3.63, 3.8) is 0 Å². The number of hydrogen-bond acceptors (Lipinski definition) is 6. The van der Waals surface area contributed by atoms with Crippen molar-refractivity contribution >= 4 is 28.0 Å². The highest BCUT2D eigenvalue weighted by atomic mass is 19.4. The Morgan fingerprint density at radius 2 is 1.97 bits per heavy atom. The number of carbonyl (C=O) groups is 1. The molecule has 32 heavy (non-hydrogen) atoms. The van der Waals surface area contributed by atoms with E-state index >= 15 is 0 Å². The number of benzene rings is 1. The molecule has 3 heterocycles. The molecule has 3 aromatic heterocycles. The molecule has 0 fully saturated rings. The van der Waals surface area contributed by atoms with E-state index in [0.717, 1.165) is 16.8 Å². The van der Waals surface area contributed by atoms with Gasteiger partial charge in [0, 0.05) is 11.6 Å². The van der Waals surface area contributed by atoms with Crippen LogP contribution in [0.2, 0.25) is 0 Å². The molecule has 12 heteroatoms. The SMILES string of the molecule is CC(C)c1nn(CC(=O)Nc2ccc3nncn3c2)c(=O)c2ccc(OC(F)(F)F)cc12. The first-order valence-electron chi connectivity index (χ1n) is 9.50. The van der Waals surface area contributed by atoms with Crippen molar-refractivity contribution in [1.29, 1.82) is 0 Å². The van der Waals surface area contributed by atoms with Gasteiger partial charge in [-0.25, -0.2) is 4.68 Å². The molecule has 166 valence electrons. The third-order valence-corrected chi connectivity index (χ3v) is 4.61. The highest BCUT2D eigenvalue weighted by Gasteiger charge is 2.31. The van der Waals surface area contributed by atoms with Gasteiger partial charge in [-0.05, 0) is 36.2 Å². The van der Waals surface area contributed by atoms with Crippen molar-refractivity contribution in [3.8, 4) is 5.75 Å². The molecule has 1 N–H and O–H groups in total. The summed E-state index contributed by atoms with van der Waals surface area (Å²) in [6.07, 6.45) is -1.76. The quantitative estimate of drug-likeness (QED) is 0.505.